The maximum atomic E-state index is 12.6. The van der Waals surface area contributed by atoms with E-state index >= 15 is 0 Å². The van der Waals surface area contributed by atoms with Gasteiger partial charge in [-0.2, -0.15) is 5.10 Å². The number of ether oxygens (including phenoxy) is 2. The summed E-state index contributed by atoms with van der Waals surface area (Å²) < 4.78 is 39.9. The highest BCUT2D eigenvalue weighted by Crippen LogP contribution is 2.28. The summed E-state index contributed by atoms with van der Waals surface area (Å²) in [5.74, 6) is 0.932. The Labute approximate surface area is 161 Å². The zero-order chi connectivity index (χ0) is 19.3. The molecule has 0 bridgehead atoms. The van der Waals surface area contributed by atoms with Crippen molar-refractivity contribution in [2.75, 3.05) is 18.4 Å². The van der Waals surface area contributed by atoms with Crippen LogP contribution in [0.1, 0.15) is 0 Å². The van der Waals surface area contributed by atoms with Crippen molar-refractivity contribution in [1.82, 2.24) is 14.8 Å². The van der Waals surface area contributed by atoms with Crippen LogP contribution in [0.4, 0.5) is 5.69 Å². The second-order valence-corrected chi connectivity index (χ2v) is 7.53. The molecule has 1 aromatic heterocycles. The normalized spacial score (nSPS) is 11.2. The molecule has 0 unspecified atom stereocenters. The summed E-state index contributed by atoms with van der Waals surface area (Å²) in [6.45, 7) is 0.897. The minimum atomic E-state index is -3.80. The number of benzene rings is 2. The van der Waals surface area contributed by atoms with E-state index in [4.69, 9.17) is 21.1 Å². The number of halogens is 1. The van der Waals surface area contributed by atoms with Crippen LogP contribution in [0, 0.1) is 0 Å². The number of nitrogens with zero attached hydrogens (tertiary/aromatic N) is 3. The van der Waals surface area contributed by atoms with Gasteiger partial charge in [0, 0.05) is 6.07 Å². The summed E-state index contributed by atoms with van der Waals surface area (Å²) in [7, 11) is -2.34. The van der Waals surface area contributed by atoms with E-state index in [1.807, 2.05) is 0 Å². The SMILES string of the molecule is COc1ccc(S(=O)(=O)Nc2cccc(OCCn3cncn3)c2)cc1Cl. The van der Waals surface area contributed by atoms with Crippen LogP contribution in [0.3, 0.4) is 0 Å². The highest BCUT2D eigenvalue weighted by Gasteiger charge is 2.16. The van der Waals surface area contributed by atoms with Gasteiger partial charge in [0.2, 0.25) is 0 Å². The molecule has 0 aliphatic rings. The van der Waals surface area contributed by atoms with Crippen LogP contribution in [0.15, 0.2) is 60.0 Å². The third-order valence-electron chi connectivity index (χ3n) is 3.58. The van der Waals surface area contributed by atoms with Gasteiger partial charge in [0.15, 0.2) is 0 Å². The molecule has 8 nitrogen and oxygen atoms in total. The molecule has 0 fully saturated rings. The van der Waals surface area contributed by atoms with Crippen molar-refractivity contribution in [3.63, 3.8) is 0 Å². The summed E-state index contributed by atoms with van der Waals surface area (Å²) in [5.41, 5.74) is 0.375. The number of methoxy groups -OCH3 is 1. The maximum absolute atomic E-state index is 12.6. The second kappa shape index (κ2) is 8.28. The molecule has 142 valence electrons. The first-order chi connectivity index (χ1) is 13.0. The Kier molecular flexibility index (Phi) is 5.82. The van der Waals surface area contributed by atoms with Gasteiger partial charge in [0.1, 0.15) is 30.8 Å². The molecule has 0 radical (unpaired) electrons. The van der Waals surface area contributed by atoms with E-state index in [1.165, 1.54) is 31.6 Å². The molecule has 1 heterocycles. The molecule has 0 amide bonds. The smallest absolute Gasteiger partial charge is 0.261 e. The largest absolute Gasteiger partial charge is 0.495 e. The average molecular weight is 409 g/mol. The van der Waals surface area contributed by atoms with Crippen LogP contribution in [-0.2, 0) is 16.6 Å². The van der Waals surface area contributed by atoms with Crippen molar-refractivity contribution in [3.05, 3.63) is 60.1 Å². The quantitative estimate of drug-likeness (QED) is 0.615. The minimum Gasteiger partial charge on any atom is -0.495 e. The third-order valence-corrected chi connectivity index (χ3v) is 5.25. The fraction of sp³-hybridized carbons (Fsp3) is 0.176. The molecule has 10 heteroatoms. The lowest BCUT2D eigenvalue weighted by molar-refractivity contribution is 0.291. The summed E-state index contributed by atoms with van der Waals surface area (Å²) in [4.78, 5) is 3.88. The van der Waals surface area contributed by atoms with Crippen LogP contribution < -0.4 is 14.2 Å². The lowest BCUT2D eigenvalue weighted by atomic mass is 10.3. The van der Waals surface area contributed by atoms with E-state index in [2.05, 4.69) is 14.8 Å². The molecule has 1 N–H and O–H groups in total. The summed E-state index contributed by atoms with van der Waals surface area (Å²) >= 11 is 6.01. The van der Waals surface area contributed by atoms with E-state index < -0.39 is 10.0 Å². The van der Waals surface area contributed by atoms with Gasteiger partial charge in [0.25, 0.3) is 10.0 Å². The Balaban J connectivity index is 1.68. The summed E-state index contributed by atoms with van der Waals surface area (Å²) in [6.07, 6.45) is 3.04. The van der Waals surface area contributed by atoms with E-state index in [0.717, 1.165) is 0 Å². The number of aromatic nitrogens is 3. The molecular weight excluding hydrogens is 392 g/mol. The van der Waals surface area contributed by atoms with Gasteiger partial charge in [0.05, 0.1) is 29.3 Å². The number of nitrogens with one attached hydrogen (secondary N) is 1. The topological polar surface area (TPSA) is 95.3 Å². The number of hydrogen-bond acceptors (Lipinski definition) is 6. The van der Waals surface area contributed by atoms with E-state index in [9.17, 15) is 8.42 Å². The highest BCUT2D eigenvalue weighted by atomic mass is 35.5. The second-order valence-electron chi connectivity index (χ2n) is 5.44. The van der Waals surface area contributed by atoms with Gasteiger partial charge >= 0.3 is 0 Å². The first-order valence-electron chi connectivity index (χ1n) is 7.89. The molecule has 0 spiro atoms. The standard InChI is InChI=1S/C17H17ClN4O4S/c1-25-17-6-5-15(10-16(17)18)27(23,24)21-13-3-2-4-14(9-13)26-8-7-22-12-19-11-20-22/h2-6,9-12,21H,7-8H2,1H3. The minimum absolute atomic E-state index is 0.0332. The number of rotatable bonds is 8. The van der Waals surface area contributed by atoms with Gasteiger partial charge in [-0.15, -0.1) is 0 Å². The molecule has 0 saturated heterocycles. The zero-order valence-electron chi connectivity index (χ0n) is 14.4. The Morgan fingerprint density at radius 2 is 2.07 bits per heavy atom. The molecule has 2 aromatic carbocycles. The van der Waals surface area contributed by atoms with Crippen LogP contribution >= 0.6 is 11.6 Å². The van der Waals surface area contributed by atoms with Gasteiger partial charge in [-0.1, -0.05) is 17.7 Å². The van der Waals surface area contributed by atoms with E-state index in [-0.39, 0.29) is 9.92 Å². The zero-order valence-corrected chi connectivity index (χ0v) is 15.9. The third kappa shape index (κ3) is 4.89. The van der Waals surface area contributed by atoms with E-state index in [1.54, 1.807) is 35.3 Å². The molecule has 0 saturated carbocycles. The van der Waals surface area contributed by atoms with Crippen LogP contribution in [0.2, 0.25) is 5.02 Å². The Hall–Kier alpha value is -2.78. The van der Waals surface area contributed by atoms with E-state index in [0.29, 0.717) is 30.3 Å². The van der Waals surface area contributed by atoms with Crippen molar-refractivity contribution < 1.29 is 17.9 Å². The molecular formula is C17H17ClN4O4S. The van der Waals surface area contributed by atoms with Crippen LogP contribution in [0.5, 0.6) is 11.5 Å². The average Bonchev–Trinajstić information content (AvgIpc) is 3.15. The van der Waals surface area contributed by atoms with Gasteiger partial charge in [-0.25, -0.2) is 18.1 Å². The van der Waals surface area contributed by atoms with Crippen molar-refractivity contribution >= 4 is 27.3 Å². The lowest BCUT2D eigenvalue weighted by Gasteiger charge is -2.11. The Bertz CT molecular complexity index is 1010. The highest BCUT2D eigenvalue weighted by molar-refractivity contribution is 7.92. The molecule has 27 heavy (non-hydrogen) atoms. The molecule has 0 aliphatic heterocycles. The Morgan fingerprint density at radius 3 is 2.78 bits per heavy atom. The van der Waals surface area contributed by atoms with Gasteiger partial charge < -0.3 is 9.47 Å². The predicted octanol–water partition coefficient (Wildman–Crippen LogP) is 2.82. The first kappa shape index (κ1) is 19.0. The molecule has 3 aromatic rings. The van der Waals surface area contributed by atoms with Crippen molar-refractivity contribution in [1.29, 1.82) is 0 Å². The first-order valence-corrected chi connectivity index (χ1v) is 9.76. The summed E-state index contributed by atoms with van der Waals surface area (Å²) in [6, 6.07) is 10.9. The number of hydrogen-bond donors (Lipinski definition) is 1. The lowest BCUT2D eigenvalue weighted by Crippen LogP contribution is -2.13. The summed E-state index contributed by atoms with van der Waals surface area (Å²) in [5, 5.41) is 4.19. The molecule has 0 atom stereocenters. The monoisotopic (exact) mass is 408 g/mol. The van der Waals surface area contributed by atoms with Crippen molar-refractivity contribution in [3.8, 4) is 11.5 Å². The Morgan fingerprint density at radius 1 is 1.22 bits per heavy atom. The molecule has 0 aliphatic carbocycles. The van der Waals surface area contributed by atoms with Crippen molar-refractivity contribution in [2.45, 2.75) is 11.4 Å². The van der Waals surface area contributed by atoms with Crippen LogP contribution in [-0.4, -0.2) is 36.9 Å². The number of anilines is 1. The van der Waals surface area contributed by atoms with Gasteiger partial charge in [-0.05, 0) is 30.3 Å². The number of sulfonamides is 1. The van der Waals surface area contributed by atoms with Crippen LogP contribution in [0.25, 0.3) is 0 Å². The predicted molar refractivity (Wildman–Crippen MR) is 101 cm³/mol. The van der Waals surface area contributed by atoms with Gasteiger partial charge in [-0.3, -0.25) is 4.72 Å². The fourth-order valence-corrected chi connectivity index (χ4v) is 3.68. The molecule has 3 rings (SSSR count). The maximum Gasteiger partial charge on any atom is 0.261 e. The fourth-order valence-electron chi connectivity index (χ4n) is 2.28. The van der Waals surface area contributed by atoms with Crippen molar-refractivity contribution in [2.24, 2.45) is 0 Å².